The number of hydrogen-bond donors (Lipinski definition) is 1. The molecule has 1 aromatic heterocycles. The fourth-order valence-corrected chi connectivity index (χ4v) is 3.68. The van der Waals surface area contributed by atoms with Crippen molar-refractivity contribution in [3.63, 3.8) is 0 Å². The first-order valence-corrected chi connectivity index (χ1v) is 9.40. The van der Waals surface area contributed by atoms with E-state index >= 15 is 0 Å². The number of aromatic nitrogens is 1. The van der Waals surface area contributed by atoms with Crippen molar-refractivity contribution in [3.05, 3.63) is 97.2 Å². The minimum atomic E-state index is -0.627. The summed E-state index contributed by atoms with van der Waals surface area (Å²) in [5, 5.41) is 20.5. The summed E-state index contributed by atoms with van der Waals surface area (Å²) < 4.78 is 1.66. The van der Waals surface area contributed by atoms with Gasteiger partial charge >= 0.3 is 0 Å². The first-order valence-electron chi connectivity index (χ1n) is 8.60. The first-order chi connectivity index (χ1) is 13.4. The van der Waals surface area contributed by atoms with Gasteiger partial charge in [0.2, 0.25) is 5.88 Å². The van der Waals surface area contributed by atoms with E-state index in [1.54, 1.807) is 31.2 Å². The molecule has 0 radical (unpaired) electrons. The van der Waals surface area contributed by atoms with Gasteiger partial charge in [-0.25, -0.2) is 0 Å². The van der Waals surface area contributed by atoms with Gasteiger partial charge in [-0.1, -0.05) is 58.4 Å². The molecule has 3 rings (SSSR count). The number of rotatable bonds is 4. The molecule has 0 aliphatic carbocycles. The molecule has 0 bridgehead atoms. The van der Waals surface area contributed by atoms with E-state index in [0.29, 0.717) is 10.0 Å². The molecule has 0 saturated carbocycles. The molecule has 1 heterocycles. The predicted molar refractivity (Wildman–Crippen MR) is 110 cm³/mol. The van der Waals surface area contributed by atoms with Crippen molar-refractivity contribution in [3.8, 4) is 11.9 Å². The van der Waals surface area contributed by atoms with Gasteiger partial charge < -0.3 is 5.11 Å². The Kier molecular flexibility index (Phi) is 5.48. The van der Waals surface area contributed by atoms with Gasteiger partial charge in [0, 0.05) is 10.0 Å². The van der Waals surface area contributed by atoms with Crippen molar-refractivity contribution < 1.29 is 9.90 Å². The van der Waals surface area contributed by atoms with E-state index in [0.717, 1.165) is 10.1 Å². The molecular formula is C22H17BrN2O3. The summed E-state index contributed by atoms with van der Waals surface area (Å²) >= 11 is 3.34. The summed E-state index contributed by atoms with van der Waals surface area (Å²) in [5.41, 5.74) is 0.441. The van der Waals surface area contributed by atoms with Gasteiger partial charge in [-0.15, -0.1) is 0 Å². The maximum absolute atomic E-state index is 13.2. The van der Waals surface area contributed by atoms with Crippen LogP contribution in [0.15, 0.2) is 63.9 Å². The number of benzene rings is 2. The van der Waals surface area contributed by atoms with Crippen molar-refractivity contribution in [2.24, 2.45) is 0 Å². The standard InChI is InChI=1S/C22H17BrN2O3/c1-13-17(12-24)21(27)25(14(2)15-8-4-3-5-9-15)22(28)19(13)20(26)16-10-6-7-11-18(16)23/h3-11,14,28H,1-2H3. The second-order valence-electron chi connectivity index (χ2n) is 6.38. The number of aromatic hydroxyl groups is 1. The Bertz CT molecular complexity index is 1160. The van der Waals surface area contributed by atoms with Crippen LogP contribution in [0.25, 0.3) is 0 Å². The van der Waals surface area contributed by atoms with Crippen LogP contribution in [0.4, 0.5) is 0 Å². The summed E-state index contributed by atoms with van der Waals surface area (Å²) in [5.74, 6) is -0.911. The van der Waals surface area contributed by atoms with Gasteiger partial charge in [0.1, 0.15) is 11.6 Å². The Morgan fingerprint density at radius 1 is 1.14 bits per heavy atom. The van der Waals surface area contributed by atoms with Crippen LogP contribution in [0, 0.1) is 18.3 Å². The molecular weight excluding hydrogens is 420 g/mol. The van der Waals surface area contributed by atoms with Gasteiger partial charge in [-0.2, -0.15) is 5.26 Å². The fourth-order valence-electron chi connectivity index (χ4n) is 3.21. The number of pyridine rings is 1. The molecule has 5 nitrogen and oxygen atoms in total. The number of carbonyl (C=O) groups is 1. The number of carbonyl (C=O) groups excluding carboxylic acids is 1. The Morgan fingerprint density at radius 3 is 2.36 bits per heavy atom. The average molecular weight is 437 g/mol. The van der Waals surface area contributed by atoms with Crippen LogP contribution in [0.1, 0.15) is 45.6 Å². The van der Waals surface area contributed by atoms with Crippen molar-refractivity contribution >= 4 is 21.7 Å². The van der Waals surface area contributed by atoms with Crippen molar-refractivity contribution in [1.29, 1.82) is 5.26 Å². The normalized spacial score (nSPS) is 11.6. The molecule has 0 amide bonds. The van der Waals surface area contributed by atoms with Gasteiger partial charge in [0.15, 0.2) is 5.78 Å². The lowest BCUT2D eigenvalue weighted by molar-refractivity contribution is 0.103. The zero-order chi connectivity index (χ0) is 20.4. The van der Waals surface area contributed by atoms with Gasteiger partial charge in [0.25, 0.3) is 5.56 Å². The van der Waals surface area contributed by atoms with Crippen LogP contribution in [-0.4, -0.2) is 15.5 Å². The highest BCUT2D eigenvalue weighted by molar-refractivity contribution is 9.10. The summed E-state index contributed by atoms with van der Waals surface area (Å²) in [7, 11) is 0. The maximum Gasteiger partial charge on any atom is 0.272 e. The predicted octanol–water partition coefficient (Wildman–Crippen LogP) is 4.34. The lowest BCUT2D eigenvalue weighted by Gasteiger charge is -2.21. The van der Waals surface area contributed by atoms with Gasteiger partial charge in [-0.05, 0) is 37.1 Å². The molecule has 2 aromatic carbocycles. The van der Waals surface area contributed by atoms with E-state index in [2.05, 4.69) is 15.9 Å². The molecule has 1 unspecified atom stereocenters. The summed E-state index contributed by atoms with van der Waals surface area (Å²) in [6, 6.07) is 17.3. The molecule has 1 N–H and O–H groups in total. The minimum absolute atomic E-state index is 0.0502. The Hall–Kier alpha value is -3.17. The van der Waals surface area contributed by atoms with Crippen LogP contribution in [-0.2, 0) is 0 Å². The number of nitriles is 1. The highest BCUT2D eigenvalue weighted by Gasteiger charge is 2.27. The molecule has 6 heteroatoms. The highest BCUT2D eigenvalue weighted by atomic mass is 79.9. The van der Waals surface area contributed by atoms with Crippen molar-refractivity contribution in [1.82, 2.24) is 4.57 Å². The summed E-state index contributed by atoms with van der Waals surface area (Å²) in [6.45, 7) is 3.24. The first kappa shape index (κ1) is 19.6. The van der Waals surface area contributed by atoms with E-state index < -0.39 is 23.3 Å². The minimum Gasteiger partial charge on any atom is -0.494 e. The zero-order valence-electron chi connectivity index (χ0n) is 15.3. The number of hydrogen-bond acceptors (Lipinski definition) is 4. The van der Waals surface area contributed by atoms with Crippen molar-refractivity contribution in [2.45, 2.75) is 19.9 Å². The molecule has 3 aromatic rings. The second kappa shape index (κ2) is 7.83. The monoisotopic (exact) mass is 436 g/mol. The third kappa shape index (κ3) is 3.25. The van der Waals surface area contributed by atoms with E-state index in [4.69, 9.17) is 0 Å². The Balaban J connectivity index is 2.31. The molecule has 0 aliphatic heterocycles. The van der Waals surface area contributed by atoms with E-state index in [-0.39, 0.29) is 16.7 Å². The molecule has 1 atom stereocenters. The molecule has 0 fully saturated rings. The van der Waals surface area contributed by atoms with Gasteiger partial charge in [0.05, 0.1) is 11.6 Å². The van der Waals surface area contributed by atoms with Crippen LogP contribution in [0.2, 0.25) is 0 Å². The quantitative estimate of drug-likeness (QED) is 0.616. The number of ketones is 1. The van der Waals surface area contributed by atoms with Crippen LogP contribution >= 0.6 is 15.9 Å². The molecule has 140 valence electrons. The van der Waals surface area contributed by atoms with E-state index in [9.17, 15) is 20.0 Å². The van der Waals surface area contributed by atoms with E-state index in [1.807, 2.05) is 36.4 Å². The molecule has 0 spiro atoms. The average Bonchev–Trinajstić information content (AvgIpc) is 2.69. The number of halogens is 1. The second-order valence-corrected chi connectivity index (χ2v) is 7.24. The summed E-state index contributed by atoms with van der Waals surface area (Å²) in [4.78, 5) is 26.1. The van der Waals surface area contributed by atoms with E-state index in [1.165, 1.54) is 6.92 Å². The Labute approximate surface area is 170 Å². The smallest absolute Gasteiger partial charge is 0.272 e. The molecule has 28 heavy (non-hydrogen) atoms. The van der Waals surface area contributed by atoms with Crippen LogP contribution in [0.3, 0.4) is 0 Å². The third-order valence-corrected chi connectivity index (χ3v) is 5.45. The molecule has 0 aliphatic rings. The highest BCUT2D eigenvalue weighted by Crippen LogP contribution is 2.31. The SMILES string of the molecule is Cc1c(C(=O)c2ccccc2Br)c(O)n(C(C)c2ccccc2)c(=O)c1C#N. The Morgan fingerprint density at radius 2 is 1.75 bits per heavy atom. The zero-order valence-corrected chi connectivity index (χ0v) is 16.9. The lowest BCUT2D eigenvalue weighted by Crippen LogP contribution is -2.29. The summed E-state index contributed by atoms with van der Waals surface area (Å²) in [6.07, 6.45) is 0. The lowest BCUT2D eigenvalue weighted by atomic mass is 9.96. The van der Waals surface area contributed by atoms with Gasteiger partial charge in [-0.3, -0.25) is 14.2 Å². The third-order valence-electron chi connectivity index (χ3n) is 4.76. The maximum atomic E-state index is 13.2. The largest absolute Gasteiger partial charge is 0.494 e. The van der Waals surface area contributed by atoms with Crippen LogP contribution < -0.4 is 5.56 Å². The fraction of sp³-hybridized carbons (Fsp3) is 0.136. The topological polar surface area (TPSA) is 83.1 Å². The van der Waals surface area contributed by atoms with Crippen LogP contribution in [0.5, 0.6) is 5.88 Å². The van der Waals surface area contributed by atoms with Crippen molar-refractivity contribution in [2.75, 3.05) is 0 Å². The number of nitrogens with zero attached hydrogens (tertiary/aromatic N) is 2. The molecule has 0 saturated heterocycles.